The van der Waals surface area contributed by atoms with Crippen molar-refractivity contribution in [3.8, 4) is 0 Å². The van der Waals surface area contributed by atoms with E-state index in [1.165, 1.54) is 29.6 Å². The SMILES string of the molecule is Nc1nc(N2CCC3(CC2)Cc2ncccc2[C@H]3N)cnc1Sc1cc(F)ncc1Cl. The highest BCUT2D eigenvalue weighted by Crippen LogP contribution is 2.50. The van der Waals surface area contributed by atoms with Gasteiger partial charge in [0.05, 0.1) is 11.2 Å². The third-order valence-electron chi connectivity index (χ3n) is 6.27. The number of nitrogens with two attached hydrogens (primary N) is 2. The zero-order valence-electron chi connectivity index (χ0n) is 16.6. The fourth-order valence-corrected chi connectivity index (χ4v) is 5.51. The molecule has 160 valence electrons. The lowest BCUT2D eigenvalue weighted by molar-refractivity contribution is 0.186. The number of aromatic nitrogens is 4. The molecule has 10 heteroatoms. The summed E-state index contributed by atoms with van der Waals surface area (Å²) in [7, 11) is 0. The predicted octanol–water partition coefficient (Wildman–Crippen LogP) is 3.64. The summed E-state index contributed by atoms with van der Waals surface area (Å²) >= 11 is 7.26. The normalized spacial score (nSPS) is 19.6. The van der Waals surface area contributed by atoms with Crippen LogP contribution in [0.3, 0.4) is 0 Å². The van der Waals surface area contributed by atoms with E-state index in [1.54, 1.807) is 6.20 Å². The summed E-state index contributed by atoms with van der Waals surface area (Å²) < 4.78 is 13.4. The molecule has 1 spiro atoms. The molecule has 31 heavy (non-hydrogen) atoms. The van der Waals surface area contributed by atoms with Crippen LogP contribution in [0.25, 0.3) is 0 Å². The minimum absolute atomic E-state index is 0.0128. The average Bonchev–Trinajstić information content (AvgIpc) is 3.04. The highest BCUT2D eigenvalue weighted by molar-refractivity contribution is 7.99. The van der Waals surface area contributed by atoms with Gasteiger partial charge in [0.2, 0.25) is 5.95 Å². The second-order valence-electron chi connectivity index (χ2n) is 8.00. The number of halogens is 2. The first-order valence-electron chi connectivity index (χ1n) is 10.0. The number of fused-ring (bicyclic) bond motifs is 1. The molecule has 1 aliphatic heterocycles. The van der Waals surface area contributed by atoms with Crippen molar-refractivity contribution < 1.29 is 4.39 Å². The molecule has 3 aromatic rings. The Morgan fingerprint density at radius 2 is 2.00 bits per heavy atom. The standard InChI is InChI=1S/C21H21ClFN7S/c22-13-10-27-16(23)8-15(13)31-20-19(25)29-17(11-28-20)30-6-3-21(4-7-30)9-14-12(18(21)24)2-1-5-26-14/h1-2,5,8,10-11,18H,3-4,6-7,9,24H2,(H2,25,29)/t18-/m1/s1. The summed E-state index contributed by atoms with van der Waals surface area (Å²) in [5, 5.41) is 0.811. The molecule has 1 saturated heterocycles. The van der Waals surface area contributed by atoms with Gasteiger partial charge in [-0.1, -0.05) is 29.4 Å². The topological polar surface area (TPSA) is 107 Å². The van der Waals surface area contributed by atoms with Crippen molar-refractivity contribution in [2.24, 2.45) is 11.1 Å². The Hall–Kier alpha value is -2.49. The molecule has 1 atom stereocenters. The van der Waals surface area contributed by atoms with E-state index in [1.807, 2.05) is 12.3 Å². The van der Waals surface area contributed by atoms with E-state index in [0.717, 1.165) is 43.9 Å². The quantitative estimate of drug-likeness (QED) is 0.574. The third kappa shape index (κ3) is 3.71. The van der Waals surface area contributed by atoms with Crippen molar-refractivity contribution in [3.05, 3.63) is 59.0 Å². The fourth-order valence-electron chi connectivity index (χ4n) is 4.52. The van der Waals surface area contributed by atoms with Crippen molar-refractivity contribution >= 4 is 35.0 Å². The van der Waals surface area contributed by atoms with Crippen LogP contribution in [0, 0.1) is 11.4 Å². The van der Waals surface area contributed by atoms with Crippen LogP contribution in [0.4, 0.5) is 16.0 Å². The van der Waals surface area contributed by atoms with E-state index in [-0.39, 0.29) is 17.3 Å². The monoisotopic (exact) mass is 457 g/mol. The molecule has 0 radical (unpaired) electrons. The first-order chi connectivity index (χ1) is 14.9. The van der Waals surface area contributed by atoms with Gasteiger partial charge in [-0.25, -0.2) is 15.0 Å². The van der Waals surface area contributed by atoms with E-state index < -0.39 is 5.95 Å². The summed E-state index contributed by atoms with van der Waals surface area (Å²) in [5.74, 6) is 0.399. The second kappa shape index (κ2) is 7.89. The van der Waals surface area contributed by atoms with Crippen molar-refractivity contribution in [2.45, 2.75) is 35.2 Å². The zero-order valence-corrected chi connectivity index (χ0v) is 18.2. The molecule has 0 amide bonds. The van der Waals surface area contributed by atoms with Gasteiger partial charge in [-0.2, -0.15) is 4.39 Å². The Kier molecular flexibility index (Phi) is 5.19. The molecule has 0 bridgehead atoms. The largest absolute Gasteiger partial charge is 0.381 e. The maximum atomic E-state index is 13.4. The summed E-state index contributed by atoms with van der Waals surface area (Å²) in [4.78, 5) is 19.7. The van der Waals surface area contributed by atoms with E-state index in [2.05, 4.69) is 30.9 Å². The van der Waals surface area contributed by atoms with Crippen molar-refractivity contribution in [3.63, 3.8) is 0 Å². The zero-order chi connectivity index (χ0) is 21.6. The number of rotatable bonds is 3. The van der Waals surface area contributed by atoms with Gasteiger partial charge in [0, 0.05) is 48.2 Å². The Morgan fingerprint density at radius 1 is 1.19 bits per heavy atom. The average molecular weight is 458 g/mol. The molecule has 0 saturated carbocycles. The van der Waals surface area contributed by atoms with E-state index in [9.17, 15) is 4.39 Å². The van der Waals surface area contributed by atoms with Gasteiger partial charge >= 0.3 is 0 Å². The van der Waals surface area contributed by atoms with Gasteiger partial charge in [-0.3, -0.25) is 4.98 Å². The number of nitrogens with zero attached hydrogens (tertiary/aromatic N) is 5. The highest BCUT2D eigenvalue weighted by atomic mass is 35.5. The molecule has 1 fully saturated rings. The van der Waals surface area contributed by atoms with Gasteiger partial charge in [-0.15, -0.1) is 0 Å². The van der Waals surface area contributed by atoms with Crippen molar-refractivity contribution in [1.82, 2.24) is 19.9 Å². The minimum Gasteiger partial charge on any atom is -0.381 e. The maximum Gasteiger partial charge on any atom is 0.214 e. The third-order valence-corrected chi connectivity index (χ3v) is 7.75. The van der Waals surface area contributed by atoms with Crippen LogP contribution in [0.1, 0.15) is 30.1 Å². The minimum atomic E-state index is -0.611. The molecule has 4 heterocycles. The van der Waals surface area contributed by atoms with Gasteiger partial charge in [-0.05, 0) is 36.3 Å². The Morgan fingerprint density at radius 3 is 2.74 bits per heavy atom. The van der Waals surface area contributed by atoms with E-state index in [4.69, 9.17) is 23.1 Å². The molecule has 0 aromatic carbocycles. The molecule has 3 aromatic heterocycles. The van der Waals surface area contributed by atoms with Crippen molar-refractivity contribution in [2.75, 3.05) is 23.7 Å². The lowest BCUT2D eigenvalue weighted by Gasteiger charge is -2.42. The molecular formula is C21H21ClFN7S. The maximum absolute atomic E-state index is 13.4. The van der Waals surface area contributed by atoms with E-state index in [0.29, 0.717) is 14.9 Å². The summed E-state index contributed by atoms with van der Waals surface area (Å²) in [6.07, 6.45) is 7.63. The number of pyridine rings is 2. The van der Waals surface area contributed by atoms with E-state index >= 15 is 0 Å². The summed E-state index contributed by atoms with van der Waals surface area (Å²) in [5.41, 5.74) is 15.1. The van der Waals surface area contributed by atoms with Gasteiger partial charge in [0.15, 0.2) is 5.82 Å². The predicted molar refractivity (Wildman–Crippen MR) is 119 cm³/mol. The summed E-state index contributed by atoms with van der Waals surface area (Å²) in [6.45, 7) is 1.65. The Bertz CT molecular complexity index is 1140. The smallest absolute Gasteiger partial charge is 0.214 e. The number of hydrogen-bond acceptors (Lipinski definition) is 8. The van der Waals surface area contributed by atoms with Crippen LogP contribution < -0.4 is 16.4 Å². The lowest BCUT2D eigenvalue weighted by Crippen LogP contribution is -2.44. The molecule has 0 unspecified atom stereocenters. The highest BCUT2D eigenvalue weighted by Gasteiger charge is 2.46. The molecule has 1 aliphatic carbocycles. The molecule has 7 nitrogen and oxygen atoms in total. The van der Waals surface area contributed by atoms with Crippen LogP contribution >= 0.6 is 23.4 Å². The Balaban J connectivity index is 1.29. The number of hydrogen-bond donors (Lipinski definition) is 2. The molecule has 4 N–H and O–H groups in total. The number of nitrogen functional groups attached to an aromatic ring is 1. The van der Waals surface area contributed by atoms with Crippen LogP contribution in [0.5, 0.6) is 0 Å². The van der Waals surface area contributed by atoms with Crippen LogP contribution in [0.15, 0.2) is 46.7 Å². The van der Waals surface area contributed by atoms with Gasteiger partial charge < -0.3 is 16.4 Å². The fraction of sp³-hybridized carbons (Fsp3) is 0.333. The van der Waals surface area contributed by atoms with Crippen molar-refractivity contribution in [1.29, 1.82) is 0 Å². The van der Waals surface area contributed by atoms with Gasteiger partial charge in [0.1, 0.15) is 10.8 Å². The Labute approximate surface area is 188 Å². The molecular weight excluding hydrogens is 437 g/mol. The van der Waals surface area contributed by atoms with Gasteiger partial charge in [0.25, 0.3) is 0 Å². The van der Waals surface area contributed by atoms with Crippen LogP contribution in [-0.2, 0) is 6.42 Å². The summed E-state index contributed by atoms with van der Waals surface area (Å²) in [6, 6.07) is 5.32. The molecule has 2 aliphatic rings. The first-order valence-corrected chi connectivity index (χ1v) is 11.2. The lowest BCUT2D eigenvalue weighted by atomic mass is 9.73. The number of piperidine rings is 1. The molecule has 5 rings (SSSR count). The number of anilines is 2. The second-order valence-corrected chi connectivity index (χ2v) is 9.44. The van der Waals surface area contributed by atoms with Crippen LogP contribution in [-0.4, -0.2) is 33.0 Å². The first kappa shape index (κ1) is 20.4. The van der Waals surface area contributed by atoms with Crippen LogP contribution in [0.2, 0.25) is 5.02 Å².